The highest BCUT2D eigenvalue weighted by molar-refractivity contribution is 5.75. The summed E-state index contributed by atoms with van der Waals surface area (Å²) in [4.78, 5) is 24.5. The topological polar surface area (TPSA) is 55.8 Å². The second kappa shape index (κ2) is 6.07. The molecule has 18 heavy (non-hydrogen) atoms. The first-order valence-electron chi connectivity index (χ1n) is 6.05. The Morgan fingerprint density at radius 3 is 1.94 bits per heavy atom. The minimum Gasteiger partial charge on any atom is -0.463 e. The first-order chi connectivity index (χ1) is 7.93. The molecule has 0 N–H and O–H groups in total. The van der Waals surface area contributed by atoms with E-state index in [1.807, 2.05) is 0 Å². The first-order valence-corrected chi connectivity index (χ1v) is 6.05. The lowest BCUT2D eigenvalue weighted by atomic mass is 9.97. The molecule has 106 valence electrons. The van der Waals surface area contributed by atoms with E-state index in [1.54, 1.807) is 48.6 Å². The zero-order valence-electron chi connectivity index (χ0n) is 12.5. The smallest absolute Gasteiger partial charge is 0.410 e. The van der Waals surface area contributed by atoms with Crippen molar-refractivity contribution in [3.63, 3.8) is 0 Å². The summed E-state index contributed by atoms with van der Waals surface area (Å²) < 4.78 is 10.2. The van der Waals surface area contributed by atoms with E-state index in [-0.39, 0.29) is 12.6 Å². The van der Waals surface area contributed by atoms with Crippen LogP contribution in [-0.2, 0) is 14.3 Å². The monoisotopic (exact) mass is 259 g/mol. The van der Waals surface area contributed by atoms with Gasteiger partial charge in [-0.1, -0.05) is 0 Å². The molecule has 0 saturated heterocycles. The summed E-state index contributed by atoms with van der Waals surface area (Å²) in [5, 5.41) is 0. The molecule has 0 unspecified atom stereocenters. The highest BCUT2D eigenvalue weighted by Crippen LogP contribution is 2.15. The highest BCUT2D eigenvalue weighted by Gasteiger charge is 2.24. The number of esters is 1. The average Bonchev–Trinajstić information content (AvgIpc) is 2.12. The van der Waals surface area contributed by atoms with Gasteiger partial charge in [-0.3, -0.25) is 4.79 Å². The number of hydrogen-bond donors (Lipinski definition) is 0. The van der Waals surface area contributed by atoms with Gasteiger partial charge in [-0.2, -0.15) is 0 Å². The standard InChI is InChI=1S/C13H25NO4/c1-12(2,3)10(15)17-9-8-14(7)11(16)18-13(4,5)6/h8-9H2,1-7H3. The Hall–Kier alpha value is -1.26. The molecule has 0 aromatic rings. The summed E-state index contributed by atoms with van der Waals surface area (Å²) >= 11 is 0. The molecule has 0 aromatic heterocycles. The molecule has 5 heteroatoms. The average molecular weight is 259 g/mol. The molecule has 0 atom stereocenters. The highest BCUT2D eigenvalue weighted by atomic mass is 16.6. The minimum absolute atomic E-state index is 0.172. The number of amides is 1. The molecule has 5 nitrogen and oxygen atoms in total. The van der Waals surface area contributed by atoms with Crippen molar-refractivity contribution in [3.05, 3.63) is 0 Å². The molecule has 0 rings (SSSR count). The van der Waals surface area contributed by atoms with Crippen LogP contribution in [0, 0.1) is 5.41 Å². The molecule has 0 aromatic carbocycles. The van der Waals surface area contributed by atoms with Crippen molar-refractivity contribution in [2.45, 2.75) is 47.1 Å². The van der Waals surface area contributed by atoms with Gasteiger partial charge in [0.05, 0.1) is 12.0 Å². The third-order valence-corrected chi connectivity index (χ3v) is 1.98. The van der Waals surface area contributed by atoms with E-state index in [1.165, 1.54) is 4.90 Å². The van der Waals surface area contributed by atoms with E-state index in [9.17, 15) is 9.59 Å². The Balaban J connectivity index is 4.02. The molecule has 1 amide bonds. The van der Waals surface area contributed by atoms with Gasteiger partial charge in [0.15, 0.2) is 0 Å². The number of hydrogen-bond acceptors (Lipinski definition) is 4. The number of carbonyl (C=O) groups excluding carboxylic acids is 2. The van der Waals surface area contributed by atoms with Gasteiger partial charge in [-0.15, -0.1) is 0 Å². The third kappa shape index (κ3) is 7.14. The molecule has 0 radical (unpaired) electrons. The Kier molecular flexibility index (Phi) is 5.64. The lowest BCUT2D eigenvalue weighted by Crippen LogP contribution is -2.36. The van der Waals surface area contributed by atoms with Crippen LogP contribution in [0.4, 0.5) is 4.79 Å². The molecule has 0 fully saturated rings. The van der Waals surface area contributed by atoms with Crippen LogP contribution in [0.5, 0.6) is 0 Å². The van der Waals surface area contributed by atoms with Gasteiger partial charge >= 0.3 is 12.1 Å². The SMILES string of the molecule is CN(CCOC(=O)C(C)(C)C)C(=O)OC(C)(C)C. The molecule has 0 spiro atoms. The van der Waals surface area contributed by atoms with Gasteiger partial charge < -0.3 is 14.4 Å². The number of carbonyl (C=O) groups is 2. The van der Waals surface area contributed by atoms with E-state index in [4.69, 9.17) is 9.47 Å². The van der Waals surface area contributed by atoms with Crippen molar-refractivity contribution in [2.75, 3.05) is 20.2 Å². The maximum Gasteiger partial charge on any atom is 0.410 e. The second-order valence-corrected chi connectivity index (χ2v) is 6.29. The summed E-state index contributed by atoms with van der Waals surface area (Å²) in [6.07, 6.45) is -0.422. The van der Waals surface area contributed by atoms with Crippen molar-refractivity contribution in [2.24, 2.45) is 5.41 Å². The van der Waals surface area contributed by atoms with Crippen LogP contribution in [0.3, 0.4) is 0 Å². The van der Waals surface area contributed by atoms with Gasteiger partial charge in [0, 0.05) is 7.05 Å². The van der Waals surface area contributed by atoms with E-state index >= 15 is 0 Å². The zero-order valence-corrected chi connectivity index (χ0v) is 12.5. The quantitative estimate of drug-likeness (QED) is 0.730. The van der Waals surface area contributed by atoms with E-state index in [2.05, 4.69) is 0 Å². The van der Waals surface area contributed by atoms with Crippen molar-refractivity contribution < 1.29 is 19.1 Å². The fraction of sp³-hybridized carbons (Fsp3) is 0.846. The van der Waals surface area contributed by atoms with Gasteiger partial charge in [-0.25, -0.2) is 4.79 Å². The second-order valence-electron chi connectivity index (χ2n) is 6.29. The zero-order chi connectivity index (χ0) is 14.6. The fourth-order valence-electron chi connectivity index (χ4n) is 0.923. The normalized spacial score (nSPS) is 11.9. The summed E-state index contributed by atoms with van der Waals surface area (Å²) in [6.45, 7) is 11.3. The van der Waals surface area contributed by atoms with Crippen LogP contribution in [0.15, 0.2) is 0 Å². The Morgan fingerprint density at radius 2 is 1.56 bits per heavy atom. The Labute approximate surface area is 109 Å². The predicted molar refractivity (Wildman–Crippen MR) is 69.3 cm³/mol. The van der Waals surface area contributed by atoms with Crippen molar-refractivity contribution in [1.29, 1.82) is 0 Å². The van der Waals surface area contributed by atoms with Crippen LogP contribution >= 0.6 is 0 Å². The number of ether oxygens (including phenoxy) is 2. The molecule has 0 aliphatic heterocycles. The number of nitrogens with zero attached hydrogens (tertiary/aromatic N) is 1. The fourth-order valence-corrected chi connectivity index (χ4v) is 0.923. The molecule has 0 heterocycles. The summed E-state index contributed by atoms with van der Waals surface area (Å²) in [5.74, 6) is -0.278. The summed E-state index contributed by atoms with van der Waals surface area (Å²) in [7, 11) is 1.61. The van der Waals surface area contributed by atoms with E-state index < -0.39 is 17.1 Å². The van der Waals surface area contributed by atoms with Crippen LogP contribution in [0.25, 0.3) is 0 Å². The number of likely N-dealkylation sites (N-methyl/N-ethyl adjacent to an activating group) is 1. The Morgan fingerprint density at radius 1 is 1.06 bits per heavy atom. The van der Waals surface area contributed by atoms with Crippen molar-refractivity contribution >= 4 is 12.1 Å². The van der Waals surface area contributed by atoms with Crippen LogP contribution in [-0.4, -0.2) is 42.8 Å². The molecular weight excluding hydrogens is 234 g/mol. The molecule has 0 saturated carbocycles. The summed E-state index contributed by atoms with van der Waals surface area (Å²) in [5.41, 5.74) is -1.04. The maximum atomic E-state index is 11.6. The van der Waals surface area contributed by atoms with Crippen LogP contribution in [0.1, 0.15) is 41.5 Å². The summed E-state index contributed by atoms with van der Waals surface area (Å²) in [6, 6.07) is 0. The van der Waals surface area contributed by atoms with Gasteiger partial charge in [0.1, 0.15) is 12.2 Å². The molecule has 0 bridgehead atoms. The van der Waals surface area contributed by atoms with Gasteiger partial charge in [0.2, 0.25) is 0 Å². The molecular formula is C13H25NO4. The van der Waals surface area contributed by atoms with Crippen molar-refractivity contribution in [3.8, 4) is 0 Å². The maximum absolute atomic E-state index is 11.6. The minimum atomic E-state index is -0.523. The first kappa shape index (κ1) is 16.7. The third-order valence-electron chi connectivity index (χ3n) is 1.98. The molecule has 0 aliphatic rings. The molecule has 0 aliphatic carbocycles. The van der Waals surface area contributed by atoms with Crippen molar-refractivity contribution in [1.82, 2.24) is 4.90 Å². The van der Waals surface area contributed by atoms with Crippen LogP contribution in [0.2, 0.25) is 0 Å². The lowest BCUT2D eigenvalue weighted by molar-refractivity contribution is -0.153. The van der Waals surface area contributed by atoms with Crippen LogP contribution < -0.4 is 0 Å². The van der Waals surface area contributed by atoms with Gasteiger partial charge in [0.25, 0.3) is 0 Å². The predicted octanol–water partition coefficient (Wildman–Crippen LogP) is 2.44. The van der Waals surface area contributed by atoms with E-state index in [0.717, 1.165) is 0 Å². The van der Waals surface area contributed by atoms with E-state index in [0.29, 0.717) is 6.54 Å². The largest absolute Gasteiger partial charge is 0.463 e. The van der Waals surface area contributed by atoms with Gasteiger partial charge in [-0.05, 0) is 41.5 Å². The Bertz CT molecular complexity index is 299. The lowest BCUT2D eigenvalue weighted by Gasteiger charge is -2.25. The number of rotatable bonds is 3.